The van der Waals surface area contributed by atoms with Gasteiger partial charge >= 0.3 is 0 Å². The highest BCUT2D eigenvalue weighted by Gasteiger charge is 2.31. The van der Waals surface area contributed by atoms with Crippen LogP contribution in [0.2, 0.25) is 0 Å². The second kappa shape index (κ2) is 11.6. The molecule has 53 heavy (non-hydrogen) atoms. The number of rotatable bonds is 4. The van der Waals surface area contributed by atoms with Gasteiger partial charge in [-0.05, 0) is 68.1 Å². The lowest BCUT2D eigenvalue weighted by Gasteiger charge is -2.14. The van der Waals surface area contributed by atoms with Crippen LogP contribution >= 0.6 is 0 Å². The lowest BCUT2D eigenvalue weighted by molar-refractivity contribution is 0.670. The Hall–Kier alpha value is -6.84. The Morgan fingerprint density at radius 3 is 1.94 bits per heavy atom. The molecule has 248 valence electrons. The van der Waals surface area contributed by atoms with Gasteiger partial charge in [0.05, 0.1) is 11.4 Å². The van der Waals surface area contributed by atoms with Crippen LogP contribution in [-0.2, 0) is 0 Å². The molecule has 11 rings (SSSR count). The summed E-state index contributed by atoms with van der Waals surface area (Å²) in [5, 5.41) is 7.00. The van der Waals surface area contributed by atoms with Crippen molar-refractivity contribution < 1.29 is 4.42 Å². The number of furan rings is 1. The van der Waals surface area contributed by atoms with Crippen molar-refractivity contribution in [3.63, 3.8) is 0 Å². The molecule has 0 fully saturated rings. The summed E-state index contributed by atoms with van der Waals surface area (Å²) in [4.78, 5) is 10.6. The van der Waals surface area contributed by atoms with Crippen LogP contribution in [0.1, 0.15) is 24.0 Å². The van der Waals surface area contributed by atoms with Crippen LogP contribution < -0.4 is 0 Å². The van der Waals surface area contributed by atoms with E-state index in [4.69, 9.17) is 14.4 Å². The van der Waals surface area contributed by atoms with Gasteiger partial charge in [0.2, 0.25) is 0 Å². The van der Waals surface area contributed by atoms with E-state index in [0.717, 1.165) is 61.0 Å². The van der Waals surface area contributed by atoms with E-state index in [9.17, 15) is 0 Å². The quantitative estimate of drug-likeness (QED) is 0.186. The Morgan fingerprint density at radius 1 is 0.453 bits per heavy atom. The molecular formula is C50H32N2O. The second-order valence-corrected chi connectivity index (χ2v) is 14.1. The predicted octanol–water partition coefficient (Wildman–Crippen LogP) is 13.5. The van der Waals surface area contributed by atoms with Gasteiger partial charge in [0.25, 0.3) is 0 Å². The zero-order valence-electron chi connectivity index (χ0n) is 29.0. The molecule has 0 aliphatic heterocycles. The summed E-state index contributed by atoms with van der Waals surface area (Å²) in [6.45, 7) is 2.27. The number of fused-ring (bicyclic) bond motifs is 9. The molecule has 0 saturated heterocycles. The van der Waals surface area contributed by atoms with E-state index >= 15 is 0 Å². The number of aromatic nitrogens is 2. The Kier molecular flexibility index (Phi) is 6.53. The Bertz CT molecular complexity index is 3060. The fourth-order valence-electron chi connectivity index (χ4n) is 8.56. The van der Waals surface area contributed by atoms with Crippen LogP contribution in [0.15, 0.2) is 174 Å². The molecule has 0 radical (unpaired) electrons. The molecule has 1 unspecified atom stereocenters. The molecule has 8 aromatic carbocycles. The van der Waals surface area contributed by atoms with Crippen LogP contribution in [-0.4, -0.2) is 9.97 Å². The predicted molar refractivity (Wildman–Crippen MR) is 219 cm³/mol. The van der Waals surface area contributed by atoms with Gasteiger partial charge in [-0.2, -0.15) is 0 Å². The van der Waals surface area contributed by atoms with Crippen LogP contribution in [0.3, 0.4) is 0 Å². The molecule has 10 aromatic rings. The zero-order valence-corrected chi connectivity index (χ0v) is 29.0. The SMILES string of the molecule is CC1c2ccccc2-c2nc(-c3ccc4oc5c(-c6ccc(-c7cccc8ccccc78)cc6)cc6ccccc6c5c4c3)nc(-c3ccccc3)c21. The summed E-state index contributed by atoms with van der Waals surface area (Å²) in [5.41, 5.74) is 14.1. The molecule has 1 atom stereocenters. The minimum atomic E-state index is 0.205. The maximum Gasteiger partial charge on any atom is 0.160 e. The molecule has 0 amide bonds. The number of hydrogen-bond acceptors (Lipinski definition) is 3. The van der Waals surface area contributed by atoms with Crippen LogP contribution in [0.25, 0.3) is 99.6 Å². The van der Waals surface area contributed by atoms with Gasteiger partial charge in [0, 0.05) is 44.5 Å². The number of hydrogen-bond donors (Lipinski definition) is 0. The Morgan fingerprint density at radius 2 is 1.09 bits per heavy atom. The van der Waals surface area contributed by atoms with Crippen molar-refractivity contribution in [3.05, 3.63) is 181 Å². The normalized spacial score (nSPS) is 13.6. The molecular weight excluding hydrogens is 645 g/mol. The van der Waals surface area contributed by atoms with E-state index in [0.29, 0.717) is 5.82 Å². The van der Waals surface area contributed by atoms with Gasteiger partial charge in [-0.25, -0.2) is 9.97 Å². The number of benzene rings is 8. The second-order valence-electron chi connectivity index (χ2n) is 14.1. The van der Waals surface area contributed by atoms with Gasteiger partial charge in [-0.1, -0.05) is 153 Å². The molecule has 0 spiro atoms. The van der Waals surface area contributed by atoms with Crippen molar-refractivity contribution in [1.82, 2.24) is 9.97 Å². The monoisotopic (exact) mass is 676 g/mol. The third kappa shape index (κ3) is 4.60. The van der Waals surface area contributed by atoms with Crippen molar-refractivity contribution in [3.8, 4) is 56.2 Å². The first-order valence-electron chi connectivity index (χ1n) is 18.2. The summed E-state index contributed by atoms with van der Waals surface area (Å²) >= 11 is 0. The van der Waals surface area contributed by atoms with E-state index in [1.54, 1.807) is 0 Å². The standard InChI is InChI=1S/C50H32N2O/c1-30-37-17-9-10-20-41(37)48-45(30)47(34-13-3-2-4-14-34)51-50(52-48)36-26-27-44-43(29-36)46-40-19-8-6-15-35(40)28-42(49(46)53-44)33-24-22-32(23-25-33)39-21-11-16-31-12-5-7-18-38(31)39/h2-30H,1H3. The highest BCUT2D eigenvalue weighted by molar-refractivity contribution is 6.23. The minimum absolute atomic E-state index is 0.205. The molecule has 0 saturated carbocycles. The van der Waals surface area contributed by atoms with Crippen molar-refractivity contribution >= 4 is 43.5 Å². The first kappa shape index (κ1) is 29.8. The van der Waals surface area contributed by atoms with Crippen molar-refractivity contribution in [2.24, 2.45) is 0 Å². The van der Waals surface area contributed by atoms with E-state index in [2.05, 4.69) is 177 Å². The van der Waals surface area contributed by atoms with Crippen molar-refractivity contribution in [1.29, 1.82) is 0 Å². The lowest BCUT2D eigenvalue weighted by Crippen LogP contribution is -2.01. The fourth-order valence-corrected chi connectivity index (χ4v) is 8.56. The van der Waals surface area contributed by atoms with Gasteiger partial charge in [0.15, 0.2) is 5.82 Å². The van der Waals surface area contributed by atoms with Crippen LogP contribution in [0.5, 0.6) is 0 Å². The van der Waals surface area contributed by atoms with E-state index in [1.807, 2.05) is 0 Å². The molecule has 3 nitrogen and oxygen atoms in total. The van der Waals surface area contributed by atoms with E-state index in [-0.39, 0.29) is 5.92 Å². The maximum atomic E-state index is 6.80. The average molecular weight is 677 g/mol. The first-order chi connectivity index (χ1) is 26.2. The van der Waals surface area contributed by atoms with Crippen LogP contribution in [0, 0.1) is 0 Å². The largest absolute Gasteiger partial charge is 0.455 e. The highest BCUT2D eigenvalue weighted by atomic mass is 16.3. The lowest BCUT2D eigenvalue weighted by atomic mass is 9.93. The third-order valence-corrected chi connectivity index (χ3v) is 11.1. The van der Waals surface area contributed by atoms with E-state index in [1.165, 1.54) is 44.0 Å². The summed E-state index contributed by atoms with van der Waals surface area (Å²) in [7, 11) is 0. The molecule has 2 aromatic heterocycles. The molecule has 2 heterocycles. The van der Waals surface area contributed by atoms with Crippen molar-refractivity contribution in [2.75, 3.05) is 0 Å². The average Bonchev–Trinajstić information content (AvgIpc) is 3.75. The van der Waals surface area contributed by atoms with E-state index < -0.39 is 0 Å². The third-order valence-electron chi connectivity index (χ3n) is 11.1. The molecule has 1 aliphatic carbocycles. The van der Waals surface area contributed by atoms with Gasteiger partial charge in [0.1, 0.15) is 11.2 Å². The topological polar surface area (TPSA) is 38.9 Å². The Labute approximate surface area is 306 Å². The molecule has 3 heteroatoms. The summed E-state index contributed by atoms with van der Waals surface area (Å²) < 4.78 is 6.80. The zero-order chi connectivity index (χ0) is 35.0. The summed E-state index contributed by atoms with van der Waals surface area (Å²) in [6.07, 6.45) is 0. The minimum Gasteiger partial charge on any atom is -0.455 e. The smallest absolute Gasteiger partial charge is 0.160 e. The van der Waals surface area contributed by atoms with Gasteiger partial charge in [-0.3, -0.25) is 0 Å². The molecule has 1 aliphatic rings. The highest BCUT2D eigenvalue weighted by Crippen LogP contribution is 2.48. The fraction of sp³-hybridized carbons (Fsp3) is 0.0400. The first-order valence-corrected chi connectivity index (χ1v) is 18.2. The molecule has 0 bridgehead atoms. The van der Waals surface area contributed by atoms with Crippen LogP contribution in [0.4, 0.5) is 0 Å². The molecule has 0 N–H and O–H groups in total. The maximum absolute atomic E-state index is 6.80. The number of nitrogens with zero attached hydrogens (tertiary/aromatic N) is 2. The summed E-state index contributed by atoms with van der Waals surface area (Å²) in [6, 6.07) is 60.4. The van der Waals surface area contributed by atoms with Gasteiger partial charge < -0.3 is 4.42 Å². The van der Waals surface area contributed by atoms with Crippen molar-refractivity contribution in [2.45, 2.75) is 12.8 Å². The Balaban J connectivity index is 1.10. The van der Waals surface area contributed by atoms with Gasteiger partial charge in [-0.15, -0.1) is 0 Å². The summed E-state index contributed by atoms with van der Waals surface area (Å²) in [5.74, 6) is 0.920.